The summed E-state index contributed by atoms with van der Waals surface area (Å²) < 4.78 is 5.59. The van der Waals surface area contributed by atoms with Crippen LogP contribution in [0.1, 0.15) is 20.3 Å². The summed E-state index contributed by atoms with van der Waals surface area (Å²) in [6.45, 7) is 7.49. The Balaban J connectivity index is 2.24. The third-order valence-electron chi connectivity index (χ3n) is 2.13. The highest BCUT2D eigenvalue weighted by molar-refractivity contribution is 4.72. The summed E-state index contributed by atoms with van der Waals surface area (Å²) in [6.07, 6.45) is 1.55. The fourth-order valence-electron chi connectivity index (χ4n) is 1.76. The first-order chi connectivity index (χ1) is 5.72. The molecule has 1 fully saturated rings. The van der Waals surface area contributed by atoms with Crippen LogP contribution in [-0.2, 0) is 4.74 Å². The minimum Gasteiger partial charge on any atom is -0.396 e. The lowest BCUT2D eigenvalue weighted by Gasteiger charge is -2.35. The van der Waals surface area contributed by atoms with Gasteiger partial charge in [-0.25, -0.2) is 0 Å². The van der Waals surface area contributed by atoms with Crippen molar-refractivity contribution in [3.05, 3.63) is 0 Å². The standard InChI is InChI=1S/C9H19NO2/c1-8-6-10(4-3-5-11)7-9(2)12-8/h8-9,11H,3-7H2,1-2H3. The summed E-state index contributed by atoms with van der Waals surface area (Å²) in [6, 6.07) is 0. The van der Waals surface area contributed by atoms with Crippen molar-refractivity contribution in [3.8, 4) is 0 Å². The summed E-state index contributed by atoms with van der Waals surface area (Å²) in [5.74, 6) is 0. The number of rotatable bonds is 3. The van der Waals surface area contributed by atoms with Gasteiger partial charge in [-0.05, 0) is 20.3 Å². The van der Waals surface area contributed by atoms with Gasteiger partial charge in [-0.1, -0.05) is 0 Å². The number of morpholine rings is 1. The molecule has 1 aliphatic heterocycles. The van der Waals surface area contributed by atoms with Crippen LogP contribution in [0.3, 0.4) is 0 Å². The van der Waals surface area contributed by atoms with E-state index in [1.165, 1.54) is 0 Å². The van der Waals surface area contributed by atoms with E-state index in [0.29, 0.717) is 18.8 Å². The molecule has 1 N–H and O–H groups in total. The Morgan fingerprint density at radius 2 is 1.92 bits per heavy atom. The quantitative estimate of drug-likeness (QED) is 0.673. The molecule has 3 nitrogen and oxygen atoms in total. The summed E-state index contributed by atoms with van der Waals surface area (Å²) in [5, 5.41) is 8.67. The third kappa shape index (κ3) is 3.09. The second-order valence-electron chi connectivity index (χ2n) is 3.59. The van der Waals surface area contributed by atoms with Crippen molar-refractivity contribution < 1.29 is 9.84 Å². The van der Waals surface area contributed by atoms with E-state index >= 15 is 0 Å². The topological polar surface area (TPSA) is 32.7 Å². The van der Waals surface area contributed by atoms with E-state index in [0.717, 1.165) is 26.1 Å². The molecule has 0 aliphatic carbocycles. The highest BCUT2D eigenvalue weighted by Crippen LogP contribution is 2.10. The molecule has 0 amide bonds. The van der Waals surface area contributed by atoms with E-state index in [4.69, 9.17) is 9.84 Å². The first-order valence-corrected chi connectivity index (χ1v) is 4.71. The van der Waals surface area contributed by atoms with Gasteiger partial charge in [0.15, 0.2) is 0 Å². The molecule has 0 aromatic rings. The maximum Gasteiger partial charge on any atom is 0.0678 e. The van der Waals surface area contributed by atoms with Crippen molar-refractivity contribution in [1.82, 2.24) is 4.90 Å². The number of aliphatic hydroxyl groups excluding tert-OH is 1. The monoisotopic (exact) mass is 173 g/mol. The summed E-state index contributed by atoms with van der Waals surface area (Å²) in [5.41, 5.74) is 0. The number of nitrogens with zero attached hydrogens (tertiary/aromatic N) is 1. The lowest BCUT2D eigenvalue weighted by atomic mass is 10.2. The molecule has 3 heteroatoms. The molecule has 12 heavy (non-hydrogen) atoms. The molecule has 0 spiro atoms. The van der Waals surface area contributed by atoms with Crippen molar-refractivity contribution in [2.45, 2.75) is 32.5 Å². The average molecular weight is 173 g/mol. The third-order valence-corrected chi connectivity index (χ3v) is 2.13. The second kappa shape index (κ2) is 4.80. The second-order valence-corrected chi connectivity index (χ2v) is 3.59. The van der Waals surface area contributed by atoms with E-state index in [1.807, 2.05) is 0 Å². The van der Waals surface area contributed by atoms with Gasteiger partial charge in [0.2, 0.25) is 0 Å². The minimum absolute atomic E-state index is 0.292. The fourth-order valence-corrected chi connectivity index (χ4v) is 1.76. The van der Waals surface area contributed by atoms with Crippen LogP contribution in [0.5, 0.6) is 0 Å². The van der Waals surface area contributed by atoms with Crippen LogP contribution in [0.25, 0.3) is 0 Å². The SMILES string of the molecule is CC1CN(CCCO)CC(C)O1. The van der Waals surface area contributed by atoms with Gasteiger partial charge >= 0.3 is 0 Å². The molecule has 72 valence electrons. The van der Waals surface area contributed by atoms with Gasteiger partial charge in [-0.2, -0.15) is 0 Å². The molecule has 0 bridgehead atoms. The Hall–Kier alpha value is -0.120. The predicted molar refractivity (Wildman–Crippen MR) is 48.2 cm³/mol. The molecule has 1 rings (SSSR count). The van der Waals surface area contributed by atoms with Gasteiger partial charge in [-0.15, -0.1) is 0 Å². The van der Waals surface area contributed by atoms with Crippen LogP contribution in [0, 0.1) is 0 Å². The maximum atomic E-state index is 8.67. The van der Waals surface area contributed by atoms with Crippen molar-refractivity contribution in [3.63, 3.8) is 0 Å². The Bertz CT molecular complexity index is 120. The molecule has 0 radical (unpaired) electrons. The van der Waals surface area contributed by atoms with Crippen LogP contribution < -0.4 is 0 Å². The van der Waals surface area contributed by atoms with Crippen molar-refractivity contribution in [1.29, 1.82) is 0 Å². The van der Waals surface area contributed by atoms with Gasteiger partial charge in [0.05, 0.1) is 12.2 Å². The van der Waals surface area contributed by atoms with Crippen molar-refractivity contribution in [2.24, 2.45) is 0 Å². The van der Waals surface area contributed by atoms with E-state index in [-0.39, 0.29) is 0 Å². The Kier molecular flexibility index (Phi) is 3.98. The molecule has 0 aromatic carbocycles. The number of hydrogen-bond acceptors (Lipinski definition) is 3. The zero-order valence-corrected chi connectivity index (χ0v) is 7.99. The number of ether oxygens (including phenoxy) is 1. The summed E-state index contributed by atoms with van der Waals surface area (Å²) >= 11 is 0. The highest BCUT2D eigenvalue weighted by Gasteiger charge is 2.21. The molecule has 1 saturated heterocycles. The molecule has 0 saturated carbocycles. The zero-order valence-electron chi connectivity index (χ0n) is 7.99. The van der Waals surface area contributed by atoms with E-state index in [9.17, 15) is 0 Å². The molecule has 1 heterocycles. The molecule has 2 atom stereocenters. The largest absolute Gasteiger partial charge is 0.396 e. The average Bonchev–Trinajstić information content (AvgIpc) is 1.99. The zero-order chi connectivity index (χ0) is 8.97. The van der Waals surface area contributed by atoms with E-state index in [2.05, 4.69) is 18.7 Å². The Morgan fingerprint density at radius 1 is 1.33 bits per heavy atom. The smallest absolute Gasteiger partial charge is 0.0678 e. The first-order valence-electron chi connectivity index (χ1n) is 4.71. The molecule has 2 unspecified atom stereocenters. The van der Waals surface area contributed by atoms with Crippen LogP contribution in [0.2, 0.25) is 0 Å². The maximum absolute atomic E-state index is 8.67. The first kappa shape index (κ1) is 9.96. The lowest BCUT2D eigenvalue weighted by molar-refractivity contribution is -0.0687. The van der Waals surface area contributed by atoms with Gasteiger partial charge in [0.25, 0.3) is 0 Å². The molecular weight excluding hydrogens is 154 g/mol. The summed E-state index contributed by atoms with van der Waals surface area (Å²) in [7, 11) is 0. The van der Waals surface area contributed by atoms with Crippen molar-refractivity contribution in [2.75, 3.05) is 26.2 Å². The van der Waals surface area contributed by atoms with Crippen LogP contribution >= 0.6 is 0 Å². The number of hydrogen-bond donors (Lipinski definition) is 1. The molecule has 0 aromatic heterocycles. The van der Waals surface area contributed by atoms with Gasteiger partial charge < -0.3 is 9.84 Å². The van der Waals surface area contributed by atoms with Crippen LogP contribution in [-0.4, -0.2) is 48.5 Å². The van der Waals surface area contributed by atoms with Gasteiger partial charge in [-0.3, -0.25) is 4.90 Å². The number of aliphatic hydroxyl groups is 1. The normalized spacial score (nSPS) is 32.2. The Morgan fingerprint density at radius 3 is 2.42 bits per heavy atom. The van der Waals surface area contributed by atoms with E-state index in [1.54, 1.807) is 0 Å². The van der Waals surface area contributed by atoms with Gasteiger partial charge in [0.1, 0.15) is 0 Å². The predicted octanol–water partition coefficient (Wildman–Crippen LogP) is 0.478. The van der Waals surface area contributed by atoms with Gasteiger partial charge in [0, 0.05) is 26.2 Å². The van der Waals surface area contributed by atoms with Crippen LogP contribution in [0.15, 0.2) is 0 Å². The van der Waals surface area contributed by atoms with Crippen molar-refractivity contribution >= 4 is 0 Å². The molecule has 1 aliphatic rings. The summed E-state index contributed by atoms with van der Waals surface area (Å²) in [4.78, 5) is 2.36. The minimum atomic E-state index is 0.292. The van der Waals surface area contributed by atoms with Crippen LogP contribution in [0.4, 0.5) is 0 Å². The highest BCUT2D eigenvalue weighted by atomic mass is 16.5. The molecular formula is C9H19NO2. The fraction of sp³-hybridized carbons (Fsp3) is 1.00. The van der Waals surface area contributed by atoms with E-state index < -0.39 is 0 Å². The lowest BCUT2D eigenvalue weighted by Crippen LogP contribution is -2.45. The Labute approximate surface area is 74.3 Å².